The van der Waals surface area contributed by atoms with Gasteiger partial charge in [0.1, 0.15) is 6.04 Å². The second-order valence-electron chi connectivity index (χ2n) is 13.5. The van der Waals surface area contributed by atoms with Gasteiger partial charge in [-0.2, -0.15) is 0 Å². The summed E-state index contributed by atoms with van der Waals surface area (Å²) in [6.07, 6.45) is 8.47. The number of imidazole rings is 1. The van der Waals surface area contributed by atoms with Gasteiger partial charge in [0.05, 0.1) is 12.1 Å². The Morgan fingerprint density at radius 1 is 1.10 bits per heavy atom. The van der Waals surface area contributed by atoms with Crippen LogP contribution in [-0.2, 0) is 33.1 Å². The number of sulfonamides is 1. The Balaban J connectivity index is 1.25. The molecule has 0 bridgehead atoms. The van der Waals surface area contributed by atoms with Gasteiger partial charge in [-0.15, -0.1) is 0 Å². The lowest BCUT2D eigenvalue weighted by atomic mass is 9.63. The van der Waals surface area contributed by atoms with Crippen LogP contribution in [0.3, 0.4) is 0 Å². The average Bonchev–Trinajstić information content (AvgIpc) is 3.69. The molecule has 2 aliphatic carbocycles. The molecule has 6 rings (SSSR count). The number of nitrogens with one attached hydrogen (secondary N) is 2. The molecule has 1 aromatic carbocycles. The van der Waals surface area contributed by atoms with Crippen LogP contribution >= 0.6 is 0 Å². The van der Waals surface area contributed by atoms with Crippen molar-refractivity contribution in [3.05, 3.63) is 53.6 Å². The van der Waals surface area contributed by atoms with Crippen LogP contribution in [0.15, 0.2) is 36.8 Å². The highest BCUT2D eigenvalue weighted by Gasteiger charge is 2.64. The predicted octanol–water partition coefficient (Wildman–Crippen LogP) is 4.01. The van der Waals surface area contributed by atoms with Crippen LogP contribution in [0.2, 0.25) is 0 Å². The zero-order chi connectivity index (χ0) is 29.2. The summed E-state index contributed by atoms with van der Waals surface area (Å²) in [5, 5.41) is 2.86. The van der Waals surface area contributed by atoms with Gasteiger partial charge in [0.25, 0.3) is 5.91 Å². The number of hydrogen-bond donors (Lipinski definition) is 2. The number of aromatic amines is 1. The summed E-state index contributed by atoms with van der Waals surface area (Å²) in [6.45, 7) is 9.40. The van der Waals surface area contributed by atoms with Crippen molar-refractivity contribution in [3.63, 3.8) is 0 Å². The molecule has 0 radical (unpaired) electrons. The van der Waals surface area contributed by atoms with Crippen LogP contribution < -0.4 is 5.32 Å². The summed E-state index contributed by atoms with van der Waals surface area (Å²) in [4.78, 5) is 35.5. The number of amides is 3. The highest BCUT2D eigenvalue weighted by molar-refractivity contribution is 7.89. The van der Waals surface area contributed by atoms with Gasteiger partial charge in [0, 0.05) is 42.9 Å². The number of carbonyl (C=O) groups excluding carboxylic acids is 2. The summed E-state index contributed by atoms with van der Waals surface area (Å²) in [6, 6.07) is 7.00. The Labute approximate surface area is 243 Å². The lowest BCUT2D eigenvalue weighted by molar-refractivity contribution is -0.131. The standard InChI is InChI=1S/C31H43N5O4S/c1-5-31(19-41(39,40)35-14-12-30(13-15-35)11-10-22-8-6-7-9-24(22)30)26(16-21(2)29(31,3)4)36-27(37)25(34-28(36)38)17-23-18-32-20-33-23/h6-9,18,20-21,25-26H,5,10-17,19H2,1-4H3,(H,32,33)(H,34,38). The van der Waals surface area contributed by atoms with Crippen molar-refractivity contribution in [2.24, 2.45) is 16.7 Å². The quantitative estimate of drug-likeness (QED) is 0.480. The number of urea groups is 1. The summed E-state index contributed by atoms with van der Waals surface area (Å²) >= 11 is 0. The first-order valence-corrected chi connectivity index (χ1v) is 16.7. The number of rotatable bonds is 7. The smallest absolute Gasteiger partial charge is 0.325 e. The third-order valence-corrected chi connectivity index (χ3v) is 13.7. The molecule has 1 spiro atoms. The fourth-order valence-corrected chi connectivity index (χ4v) is 11.0. The first kappa shape index (κ1) is 28.4. The van der Waals surface area contributed by atoms with E-state index in [1.807, 2.05) is 6.92 Å². The fraction of sp³-hybridized carbons (Fsp3) is 0.645. The number of carbonyl (C=O) groups is 2. The van der Waals surface area contributed by atoms with E-state index in [0.717, 1.165) is 31.4 Å². The van der Waals surface area contributed by atoms with E-state index in [-0.39, 0.29) is 23.0 Å². The van der Waals surface area contributed by atoms with Gasteiger partial charge < -0.3 is 10.3 Å². The molecule has 3 fully saturated rings. The van der Waals surface area contributed by atoms with E-state index in [2.05, 4.69) is 60.3 Å². The second kappa shape index (κ2) is 9.93. The Morgan fingerprint density at radius 3 is 2.51 bits per heavy atom. The Morgan fingerprint density at radius 2 is 1.83 bits per heavy atom. The van der Waals surface area contributed by atoms with Crippen LogP contribution in [-0.4, -0.2) is 70.5 Å². The Kier molecular flexibility index (Phi) is 6.88. The predicted molar refractivity (Wildman–Crippen MR) is 157 cm³/mol. The van der Waals surface area contributed by atoms with Crippen molar-refractivity contribution in [3.8, 4) is 0 Å². The van der Waals surface area contributed by atoms with Crippen LogP contribution in [0.5, 0.6) is 0 Å². The highest BCUT2D eigenvalue weighted by atomic mass is 32.2. The number of benzene rings is 1. The van der Waals surface area contributed by atoms with Crippen LogP contribution in [0.25, 0.3) is 0 Å². The Hall–Kier alpha value is -2.72. The van der Waals surface area contributed by atoms with Crippen molar-refractivity contribution in [1.29, 1.82) is 0 Å². The molecule has 1 aromatic heterocycles. The molecule has 2 aliphatic heterocycles. The number of aryl methyl sites for hydroxylation is 1. The van der Waals surface area contributed by atoms with Gasteiger partial charge in [-0.3, -0.25) is 9.69 Å². The van der Waals surface area contributed by atoms with Crippen LogP contribution in [0, 0.1) is 16.7 Å². The van der Waals surface area contributed by atoms with Crippen molar-refractivity contribution < 1.29 is 18.0 Å². The summed E-state index contributed by atoms with van der Waals surface area (Å²) in [5.41, 5.74) is 2.47. The maximum atomic E-state index is 14.3. The molecule has 4 atom stereocenters. The molecule has 9 nitrogen and oxygen atoms in total. The van der Waals surface area contributed by atoms with E-state index in [9.17, 15) is 18.0 Å². The minimum absolute atomic E-state index is 0.0651. The summed E-state index contributed by atoms with van der Waals surface area (Å²) in [5.74, 6) is -0.214. The van der Waals surface area contributed by atoms with Crippen molar-refractivity contribution in [2.45, 2.75) is 90.1 Å². The third kappa shape index (κ3) is 4.35. The van der Waals surface area contributed by atoms with Gasteiger partial charge in [-0.05, 0) is 66.4 Å². The molecule has 3 heterocycles. The van der Waals surface area contributed by atoms with E-state index < -0.39 is 39.0 Å². The van der Waals surface area contributed by atoms with Crippen LogP contribution in [0.4, 0.5) is 4.79 Å². The van der Waals surface area contributed by atoms with Crippen LogP contribution in [0.1, 0.15) is 76.6 Å². The molecule has 2 saturated heterocycles. The minimum Gasteiger partial charge on any atom is -0.348 e. The first-order chi connectivity index (χ1) is 19.4. The Bertz CT molecular complexity index is 1430. The van der Waals surface area contributed by atoms with E-state index in [4.69, 9.17) is 0 Å². The van der Waals surface area contributed by atoms with E-state index in [1.165, 1.54) is 16.0 Å². The molecular formula is C31H43N5O4S. The van der Waals surface area contributed by atoms with Crippen molar-refractivity contribution in [1.82, 2.24) is 24.5 Å². The SMILES string of the molecule is CCC1(CS(=O)(=O)N2CCC3(CCc4ccccc43)CC2)C(N2C(=O)NC(Cc3cnc[nH]3)C2=O)CC(C)C1(C)C. The number of aromatic nitrogens is 2. The first-order valence-electron chi connectivity index (χ1n) is 15.1. The molecule has 4 unspecified atom stereocenters. The lowest BCUT2D eigenvalue weighted by Crippen LogP contribution is -2.57. The van der Waals surface area contributed by atoms with E-state index in [0.29, 0.717) is 32.4 Å². The van der Waals surface area contributed by atoms with Gasteiger partial charge >= 0.3 is 6.03 Å². The van der Waals surface area contributed by atoms with E-state index >= 15 is 0 Å². The zero-order valence-electron chi connectivity index (χ0n) is 24.7. The fourth-order valence-electron chi connectivity index (χ4n) is 8.69. The molecule has 2 aromatic rings. The molecule has 41 heavy (non-hydrogen) atoms. The molecule has 4 aliphatic rings. The average molecular weight is 582 g/mol. The van der Waals surface area contributed by atoms with Gasteiger partial charge in [0.2, 0.25) is 10.0 Å². The molecule has 10 heteroatoms. The number of H-pyrrole nitrogens is 1. The van der Waals surface area contributed by atoms with Gasteiger partial charge in [0.15, 0.2) is 0 Å². The van der Waals surface area contributed by atoms with Gasteiger partial charge in [-0.25, -0.2) is 22.5 Å². The number of imide groups is 1. The number of nitrogens with zero attached hydrogens (tertiary/aromatic N) is 3. The van der Waals surface area contributed by atoms with Crippen molar-refractivity contribution >= 4 is 22.0 Å². The molecule has 3 amide bonds. The topological polar surface area (TPSA) is 115 Å². The zero-order valence-corrected chi connectivity index (χ0v) is 25.5. The summed E-state index contributed by atoms with van der Waals surface area (Å²) < 4.78 is 30.2. The largest absolute Gasteiger partial charge is 0.348 e. The lowest BCUT2D eigenvalue weighted by Gasteiger charge is -2.49. The normalized spacial score (nSPS) is 31.1. The maximum Gasteiger partial charge on any atom is 0.325 e. The molecule has 1 saturated carbocycles. The number of hydrogen-bond acceptors (Lipinski definition) is 5. The summed E-state index contributed by atoms with van der Waals surface area (Å²) in [7, 11) is -3.66. The van der Waals surface area contributed by atoms with Gasteiger partial charge in [-0.1, -0.05) is 52.0 Å². The minimum atomic E-state index is -3.66. The highest BCUT2D eigenvalue weighted by Crippen LogP contribution is 2.60. The maximum absolute atomic E-state index is 14.3. The second-order valence-corrected chi connectivity index (χ2v) is 15.4. The monoisotopic (exact) mass is 581 g/mol. The molecular weight excluding hydrogens is 538 g/mol. The molecule has 222 valence electrons. The van der Waals surface area contributed by atoms with Crippen molar-refractivity contribution in [2.75, 3.05) is 18.8 Å². The third-order valence-electron chi connectivity index (χ3n) is 11.7. The number of fused-ring (bicyclic) bond motifs is 2. The number of piperidine rings is 1. The molecule has 2 N–H and O–H groups in total. The van der Waals surface area contributed by atoms with E-state index in [1.54, 1.807) is 16.8 Å².